The van der Waals surface area contributed by atoms with Gasteiger partial charge in [-0.2, -0.15) is 24.9 Å². The average Bonchev–Trinajstić information content (AvgIpc) is 2.38. The second-order valence-electron chi connectivity index (χ2n) is 4.55. The molecule has 1 aliphatic heterocycles. The van der Waals surface area contributed by atoms with Crippen LogP contribution in [0.3, 0.4) is 0 Å². The van der Waals surface area contributed by atoms with E-state index in [1.54, 1.807) is 17.8 Å². The van der Waals surface area contributed by atoms with Gasteiger partial charge < -0.3 is 5.73 Å². The molecular weight excluding hydrogens is 259 g/mol. The van der Waals surface area contributed by atoms with E-state index < -0.39 is 11.7 Å². The fourth-order valence-electron chi connectivity index (χ4n) is 2.19. The summed E-state index contributed by atoms with van der Waals surface area (Å²) in [4.78, 5) is 0. The first-order valence-corrected chi connectivity index (χ1v) is 7.08. The van der Waals surface area contributed by atoms with Gasteiger partial charge in [0.2, 0.25) is 0 Å². The van der Waals surface area contributed by atoms with Crippen LogP contribution in [0.2, 0.25) is 0 Å². The lowest BCUT2D eigenvalue weighted by Gasteiger charge is -2.27. The molecule has 0 aromatic heterocycles. The van der Waals surface area contributed by atoms with Gasteiger partial charge >= 0.3 is 6.18 Å². The van der Waals surface area contributed by atoms with Crippen molar-refractivity contribution in [3.05, 3.63) is 35.4 Å². The molecule has 2 N–H and O–H groups in total. The van der Waals surface area contributed by atoms with E-state index in [2.05, 4.69) is 0 Å². The molecule has 1 aromatic rings. The van der Waals surface area contributed by atoms with E-state index in [4.69, 9.17) is 5.73 Å². The van der Waals surface area contributed by atoms with Crippen LogP contribution in [0.1, 0.15) is 36.4 Å². The molecule has 0 saturated carbocycles. The van der Waals surface area contributed by atoms with Gasteiger partial charge in [-0.05, 0) is 36.3 Å². The van der Waals surface area contributed by atoms with E-state index in [9.17, 15) is 13.2 Å². The molecule has 1 aromatic carbocycles. The van der Waals surface area contributed by atoms with Crippen molar-refractivity contribution in [1.82, 2.24) is 0 Å². The van der Waals surface area contributed by atoms with Gasteiger partial charge in [-0.25, -0.2) is 0 Å². The van der Waals surface area contributed by atoms with Crippen LogP contribution in [0, 0.1) is 0 Å². The Hall–Kier alpha value is -0.680. The Morgan fingerprint density at radius 2 is 2.06 bits per heavy atom. The Labute approximate surface area is 109 Å². The number of nitrogens with two attached hydrogens (primary N) is 1. The van der Waals surface area contributed by atoms with Gasteiger partial charge in [-0.3, -0.25) is 0 Å². The van der Waals surface area contributed by atoms with Crippen molar-refractivity contribution >= 4 is 11.8 Å². The molecule has 1 fully saturated rings. The third-order valence-electron chi connectivity index (χ3n) is 3.21. The van der Waals surface area contributed by atoms with Crippen LogP contribution in [0.5, 0.6) is 0 Å². The summed E-state index contributed by atoms with van der Waals surface area (Å²) in [7, 11) is 0. The van der Waals surface area contributed by atoms with Gasteiger partial charge in [-0.15, -0.1) is 0 Å². The summed E-state index contributed by atoms with van der Waals surface area (Å²) in [5, 5.41) is 0.238. The van der Waals surface area contributed by atoms with Crippen molar-refractivity contribution in [3.8, 4) is 0 Å². The zero-order valence-electron chi connectivity index (χ0n) is 9.91. The third kappa shape index (κ3) is 3.20. The van der Waals surface area contributed by atoms with Crippen LogP contribution in [-0.2, 0) is 6.18 Å². The molecule has 0 bridgehead atoms. The van der Waals surface area contributed by atoms with Gasteiger partial charge in [0, 0.05) is 11.3 Å². The molecular formula is C13H16F3NS. The topological polar surface area (TPSA) is 26.0 Å². The van der Waals surface area contributed by atoms with Crippen LogP contribution in [0.15, 0.2) is 24.3 Å². The lowest BCUT2D eigenvalue weighted by Crippen LogP contribution is -2.26. The summed E-state index contributed by atoms with van der Waals surface area (Å²) in [6, 6.07) is 5.09. The molecule has 0 radical (unpaired) electrons. The quantitative estimate of drug-likeness (QED) is 0.883. The Morgan fingerprint density at radius 3 is 2.67 bits per heavy atom. The number of alkyl halides is 3. The number of thioether (sulfide) groups is 1. The van der Waals surface area contributed by atoms with Crippen LogP contribution in [0.25, 0.3) is 0 Å². The summed E-state index contributed by atoms with van der Waals surface area (Å²) in [6.07, 6.45) is -1.02. The summed E-state index contributed by atoms with van der Waals surface area (Å²) < 4.78 is 37.9. The minimum atomic E-state index is -4.30. The van der Waals surface area contributed by atoms with E-state index in [0.29, 0.717) is 5.56 Å². The minimum Gasteiger partial charge on any atom is -0.323 e. The lowest BCUT2D eigenvalue weighted by atomic mass is 9.98. The highest BCUT2D eigenvalue weighted by Gasteiger charge is 2.31. The molecule has 1 saturated heterocycles. The third-order valence-corrected chi connectivity index (χ3v) is 4.70. The zero-order chi connectivity index (χ0) is 13.2. The Kier molecular flexibility index (Phi) is 4.22. The minimum absolute atomic E-state index is 0.238. The molecule has 5 heteroatoms. The molecule has 1 heterocycles. The van der Waals surface area contributed by atoms with E-state index in [-0.39, 0.29) is 11.3 Å². The van der Waals surface area contributed by atoms with Crippen molar-refractivity contribution < 1.29 is 13.2 Å². The first-order valence-electron chi connectivity index (χ1n) is 6.03. The molecule has 1 aliphatic rings. The lowest BCUT2D eigenvalue weighted by molar-refractivity contribution is -0.137. The zero-order valence-corrected chi connectivity index (χ0v) is 10.7. The number of hydrogen-bond acceptors (Lipinski definition) is 2. The molecule has 0 spiro atoms. The standard InChI is InChI=1S/C13H16F3NS/c14-13(15,16)10-5-3-4-9(8-10)12(17)11-6-1-2-7-18-11/h3-5,8,11-12H,1-2,6-7,17H2. The SMILES string of the molecule is NC(c1cccc(C(F)(F)F)c1)C1CCCCS1. The predicted octanol–water partition coefficient (Wildman–Crippen LogP) is 3.99. The maximum absolute atomic E-state index is 12.6. The first-order chi connectivity index (χ1) is 8.48. The summed E-state index contributed by atoms with van der Waals surface area (Å²) >= 11 is 1.77. The number of rotatable bonds is 2. The molecule has 0 aliphatic carbocycles. The molecule has 18 heavy (non-hydrogen) atoms. The predicted molar refractivity (Wildman–Crippen MR) is 68.5 cm³/mol. The maximum atomic E-state index is 12.6. The van der Waals surface area contributed by atoms with Gasteiger partial charge in [0.1, 0.15) is 0 Å². The van der Waals surface area contributed by atoms with Crippen LogP contribution < -0.4 is 5.73 Å². The molecule has 2 rings (SSSR count). The Morgan fingerprint density at radius 1 is 1.28 bits per heavy atom. The number of hydrogen-bond donors (Lipinski definition) is 1. The van der Waals surface area contributed by atoms with Crippen molar-refractivity contribution in [2.75, 3.05) is 5.75 Å². The normalized spacial score (nSPS) is 22.8. The second-order valence-corrected chi connectivity index (χ2v) is 5.90. The average molecular weight is 275 g/mol. The number of benzene rings is 1. The monoisotopic (exact) mass is 275 g/mol. The van der Waals surface area contributed by atoms with Gasteiger partial charge in [-0.1, -0.05) is 18.6 Å². The highest BCUT2D eigenvalue weighted by molar-refractivity contribution is 8.00. The van der Waals surface area contributed by atoms with Crippen molar-refractivity contribution in [3.63, 3.8) is 0 Å². The first kappa shape index (κ1) is 13.7. The number of halogens is 3. The molecule has 2 unspecified atom stereocenters. The maximum Gasteiger partial charge on any atom is 0.416 e. The van der Waals surface area contributed by atoms with E-state index in [1.807, 2.05) is 0 Å². The van der Waals surface area contributed by atoms with Crippen LogP contribution >= 0.6 is 11.8 Å². The van der Waals surface area contributed by atoms with E-state index >= 15 is 0 Å². The fraction of sp³-hybridized carbons (Fsp3) is 0.538. The highest BCUT2D eigenvalue weighted by atomic mass is 32.2. The van der Waals surface area contributed by atoms with E-state index in [0.717, 1.165) is 24.7 Å². The van der Waals surface area contributed by atoms with Gasteiger partial charge in [0.25, 0.3) is 0 Å². The molecule has 0 amide bonds. The summed E-state index contributed by atoms with van der Waals surface area (Å²) in [6.45, 7) is 0. The van der Waals surface area contributed by atoms with Crippen LogP contribution in [0.4, 0.5) is 13.2 Å². The fourth-order valence-corrected chi connectivity index (χ4v) is 3.56. The molecule has 1 nitrogen and oxygen atoms in total. The second kappa shape index (κ2) is 5.53. The van der Waals surface area contributed by atoms with Gasteiger partial charge in [0.15, 0.2) is 0 Å². The van der Waals surface area contributed by atoms with Gasteiger partial charge in [0.05, 0.1) is 5.56 Å². The summed E-state index contributed by atoms with van der Waals surface area (Å²) in [5.41, 5.74) is 6.07. The van der Waals surface area contributed by atoms with Crippen molar-refractivity contribution in [2.24, 2.45) is 5.73 Å². The molecule has 100 valence electrons. The Bertz CT molecular complexity index is 399. The van der Waals surface area contributed by atoms with Crippen LogP contribution in [-0.4, -0.2) is 11.0 Å². The van der Waals surface area contributed by atoms with Crippen molar-refractivity contribution in [1.29, 1.82) is 0 Å². The van der Waals surface area contributed by atoms with Crippen molar-refractivity contribution in [2.45, 2.75) is 36.7 Å². The van der Waals surface area contributed by atoms with E-state index in [1.165, 1.54) is 18.6 Å². The summed E-state index contributed by atoms with van der Waals surface area (Å²) in [5.74, 6) is 1.05. The largest absolute Gasteiger partial charge is 0.416 e. The smallest absolute Gasteiger partial charge is 0.323 e. The molecule has 2 atom stereocenters. The Balaban J connectivity index is 2.17. The highest BCUT2D eigenvalue weighted by Crippen LogP contribution is 2.35.